The molecule has 4 nitrogen and oxygen atoms in total. The van der Waals surface area contributed by atoms with E-state index in [1.54, 1.807) is 0 Å². The predicted molar refractivity (Wildman–Crippen MR) is 107 cm³/mol. The van der Waals surface area contributed by atoms with Crippen LogP contribution >= 0.6 is 0 Å². The van der Waals surface area contributed by atoms with Gasteiger partial charge in [-0.1, -0.05) is 71.9 Å². The number of ether oxygens (including phenoxy) is 2. The Hall–Kier alpha value is -1.01. The van der Waals surface area contributed by atoms with Crippen LogP contribution in [0.15, 0.2) is 30.3 Å². The Morgan fingerprint density at radius 1 is 0.923 bits per heavy atom. The van der Waals surface area contributed by atoms with Crippen molar-refractivity contribution in [1.82, 2.24) is 0 Å². The Morgan fingerprint density at radius 3 is 1.92 bits per heavy atom. The fraction of sp³-hybridized carbons (Fsp3) is 0.667. The number of carbonyl (C=O) groups excluding carboxylic acids is 1. The number of rotatable bonds is 8. The summed E-state index contributed by atoms with van der Waals surface area (Å²) in [6.07, 6.45) is -0.862. The average molecular weight is 379 g/mol. The van der Waals surface area contributed by atoms with E-state index in [0.29, 0.717) is 16.6 Å². The van der Waals surface area contributed by atoms with Crippen LogP contribution in [0.4, 0.5) is 0 Å². The Kier molecular flexibility index (Phi) is 7.19. The third-order valence-corrected chi connectivity index (χ3v) is 11.8. The van der Waals surface area contributed by atoms with Crippen molar-refractivity contribution in [2.75, 3.05) is 0 Å². The lowest BCUT2D eigenvalue weighted by atomic mass is 10.1. The highest BCUT2D eigenvalue weighted by Crippen LogP contribution is 2.44. The van der Waals surface area contributed by atoms with E-state index in [1.165, 1.54) is 0 Å². The van der Waals surface area contributed by atoms with Crippen molar-refractivity contribution in [2.45, 2.75) is 89.7 Å². The molecule has 0 unspecified atom stereocenters. The van der Waals surface area contributed by atoms with Crippen molar-refractivity contribution in [3.63, 3.8) is 0 Å². The number of carbonyl (C=O) groups is 1. The molecule has 26 heavy (non-hydrogen) atoms. The Morgan fingerprint density at radius 2 is 1.46 bits per heavy atom. The van der Waals surface area contributed by atoms with Gasteiger partial charge in [0.05, 0.1) is 6.10 Å². The van der Waals surface area contributed by atoms with Gasteiger partial charge in [-0.15, -0.1) is 0 Å². The lowest BCUT2D eigenvalue weighted by Gasteiger charge is -2.45. The minimum Gasteiger partial charge on any atom is -0.411 e. The van der Waals surface area contributed by atoms with E-state index < -0.39 is 20.7 Å². The normalized spacial score (nSPS) is 25.2. The summed E-state index contributed by atoms with van der Waals surface area (Å²) >= 11 is 0. The molecule has 0 aliphatic carbocycles. The molecule has 0 bridgehead atoms. The number of hydrogen-bond acceptors (Lipinski definition) is 4. The maximum atomic E-state index is 11.6. The van der Waals surface area contributed by atoms with Crippen molar-refractivity contribution < 1.29 is 18.7 Å². The second-order valence-electron chi connectivity index (χ2n) is 8.22. The van der Waals surface area contributed by atoms with Crippen LogP contribution in [0.5, 0.6) is 0 Å². The summed E-state index contributed by atoms with van der Waals surface area (Å²) in [5, 5.41) is 0. The summed E-state index contributed by atoms with van der Waals surface area (Å²) < 4.78 is 18.8. The van der Waals surface area contributed by atoms with Gasteiger partial charge in [-0.2, -0.15) is 0 Å². The molecule has 0 N–H and O–H groups in total. The van der Waals surface area contributed by atoms with Crippen molar-refractivity contribution in [3.8, 4) is 0 Å². The number of aldehydes is 1. The SMILES string of the molecule is CC(C)[Si](O[C@@H](C)[C@@H]1O[C@H](c2ccccc2)O[C@H]1C=O)(C(C)C)C(C)C. The fourth-order valence-corrected chi connectivity index (χ4v) is 10.1. The van der Waals surface area contributed by atoms with Crippen LogP contribution in [0, 0.1) is 0 Å². The lowest BCUT2D eigenvalue weighted by Crippen LogP contribution is -2.53. The van der Waals surface area contributed by atoms with E-state index in [0.717, 1.165) is 11.8 Å². The smallest absolute Gasteiger partial charge is 0.200 e. The van der Waals surface area contributed by atoms with E-state index in [9.17, 15) is 4.79 Å². The van der Waals surface area contributed by atoms with Crippen molar-refractivity contribution in [2.24, 2.45) is 0 Å². The maximum absolute atomic E-state index is 11.6. The zero-order valence-electron chi connectivity index (χ0n) is 17.1. The zero-order valence-corrected chi connectivity index (χ0v) is 18.1. The molecule has 146 valence electrons. The summed E-state index contributed by atoms with van der Waals surface area (Å²) in [6, 6.07) is 9.75. The second-order valence-corrected chi connectivity index (χ2v) is 13.6. The molecule has 5 heteroatoms. The molecular formula is C21H34O4Si. The third-order valence-electron chi connectivity index (χ3n) is 5.65. The van der Waals surface area contributed by atoms with Gasteiger partial charge in [0.1, 0.15) is 12.2 Å². The van der Waals surface area contributed by atoms with E-state index in [1.807, 2.05) is 37.3 Å². The van der Waals surface area contributed by atoms with Gasteiger partial charge in [0.15, 0.2) is 12.6 Å². The van der Waals surface area contributed by atoms with Gasteiger partial charge in [0.2, 0.25) is 8.32 Å². The Bertz CT molecular complexity index is 551. The molecule has 1 aliphatic rings. The second kappa shape index (κ2) is 8.78. The Labute approximate surface area is 159 Å². The van der Waals surface area contributed by atoms with Crippen LogP contribution in [0.2, 0.25) is 16.6 Å². The van der Waals surface area contributed by atoms with Crippen LogP contribution in [-0.4, -0.2) is 32.9 Å². The highest BCUT2D eigenvalue weighted by molar-refractivity contribution is 6.77. The van der Waals surface area contributed by atoms with Crippen LogP contribution in [0.3, 0.4) is 0 Å². The molecule has 1 aromatic rings. The van der Waals surface area contributed by atoms with Crippen molar-refractivity contribution in [3.05, 3.63) is 35.9 Å². The molecule has 0 spiro atoms. The summed E-state index contributed by atoms with van der Waals surface area (Å²) in [5.41, 5.74) is 2.36. The monoisotopic (exact) mass is 378 g/mol. The van der Waals surface area contributed by atoms with Crippen LogP contribution < -0.4 is 0 Å². The first-order chi connectivity index (χ1) is 12.2. The lowest BCUT2D eigenvalue weighted by molar-refractivity contribution is -0.119. The topological polar surface area (TPSA) is 44.8 Å². The number of hydrogen-bond donors (Lipinski definition) is 0. The molecule has 0 saturated carbocycles. The minimum absolute atomic E-state index is 0.197. The van der Waals surface area contributed by atoms with Gasteiger partial charge in [0, 0.05) is 5.56 Å². The van der Waals surface area contributed by atoms with Gasteiger partial charge in [-0.25, -0.2) is 0 Å². The van der Waals surface area contributed by atoms with Gasteiger partial charge < -0.3 is 18.7 Å². The van der Waals surface area contributed by atoms with E-state index in [4.69, 9.17) is 13.9 Å². The predicted octanol–water partition coefficient (Wildman–Crippen LogP) is 5.25. The van der Waals surface area contributed by atoms with Gasteiger partial charge >= 0.3 is 0 Å². The largest absolute Gasteiger partial charge is 0.411 e. The Balaban J connectivity index is 2.21. The molecule has 1 aromatic carbocycles. The molecule has 1 fully saturated rings. The van der Waals surface area contributed by atoms with Gasteiger partial charge in [-0.05, 0) is 23.5 Å². The first-order valence-corrected chi connectivity index (χ1v) is 11.9. The van der Waals surface area contributed by atoms with Crippen LogP contribution in [0.1, 0.15) is 60.3 Å². The summed E-state index contributed by atoms with van der Waals surface area (Å²) in [5.74, 6) is 0. The van der Waals surface area contributed by atoms with E-state index >= 15 is 0 Å². The molecule has 2 rings (SSSR count). The summed E-state index contributed by atoms with van der Waals surface area (Å²) in [7, 11) is -2.05. The van der Waals surface area contributed by atoms with E-state index in [-0.39, 0.29) is 12.2 Å². The molecule has 4 atom stereocenters. The van der Waals surface area contributed by atoms with E-state index in [2.05, 4.69) is 41.5 Å². The van der Waals surface area contributed by atoms with Crippen LogP contribution in [0.25, 0.3) is 0 Å². The molecule has 1 aliphatic heterocycles. The van der Waals surface area contributed by atoms with Crippen molar-refractivity contribution in [1.29, 1.82) is 0 Å². The van der Waals surface area contributed by atoms with Gasteiger partial charge in [-0.3, -0.25) is 0 Å². The molecule has 0 amide bonds. The van der Waals surface area contributed by atoms with Gasteiger partial charge in [0.25, 0.3) is 0 Å². The first-order valence-electron chi connectivity index (χ1n) is 9.73. The van der Waals surface area contributed by atoms with Crippen LogP contribution in [-0.2, 0) is 18.7 Å². The molecule has 0 radical (unpaired) electrons. The number of benzene rings is 1. The zero-order chi connectivity index (χ0) is 19.5. The summed E-state index contributed by atoms with van der Waals surface area (Å²) in [6.45, 7) is 15.6. The molecule has 1 saturated heterocycles. The fourth-order valence-electron chi connectivity index (χ4n) is 4.52. The highest BCUT2D eigenvalue weighted by Gasteiger charge is 2.49. The summed E-state index contributed by atoms with van der Waals surface area (Å²) in [4.78, 5) is 11.6. The minimum atomic E-state index is -2.05. The van der Waals surface area contributed by atoms with Crippen molar-refractivity contribution >= 4 is 14.6 Å². The quantitative estimate of drug-likeness (QED) is 0.458. The highest BCUT2D eigenvalue weighted by atomic mass is 28.4. The molecule has 0 aromatic heterocycles. The average Bonchev–Trinajstić information content (AvgIpc) is 3.03. The third kappa shape index (κ3) is 4.11. The first kappa shape index (κ1) is 21.3. The maximum Gasteiger partial charge on any atom is 0.200 e. The molecular weight excluding hydrogens is 344 g/mol. The standard InChI is InChI=1S/C21H34O4Si/c1-14(2)26(15(3)4,16(5)6)25-17(7)20-19(13-22)23-21(24-20)18-11-9-8-10-12-18/h8-17,19-21H,1-7H3/t17-,19-,20-,21+/m0/s1. The molecule has 1 heterocycles.